The standard InChI is InChI=1S/C13H8Cl2N4O2S2/c14-9-2-6(10(15)23-9)12(21)19-13-18-8(4-22-13)5-1-7(11(16)20)17-3-5/h1-4,17H,(H2,16,20)(H,18,19,21). The largest absolute Gasteiger partial charge is 0.364 e. The summed E-state index contributed by atoms with van der Waals surface area (Å²) in [7, 11) is 0. The first kappa shape index (κ1) is 16.0. The number of nitrogens with two attached hydrogens (primary N) is 1. The van der Waals surface area contributed by atoms with Gasteiger partial charge in [0.05, 0.1) is 15.6 Å². The Bertz CT molecular complexity index is 900. The number of rotatable bonds is 4. The molecule has 0 bridgehead atoms. The maximum atomic E-state index is 12.1. The lowest BCUT2D eigenvalue weighted by Gasteiger charge is -1.99. The predicted octanol–water partition coefficient (Wildman–Crippen LogP) is 3.86. The Morgan fingerprint density at radius 3 is 2.70 bits per heavy atom. The molecule has 0 aliphatic rings. The lowest BCUT2D eigenvalue weighted by molar-refractivity contribution is 0.0994. The van der Waals surface area contributed by atoms with Gasteiger partial charge in [-0.1, -0.05) is 23.2 Å². The molecule has 3 aromatic heterocycles. The molecule has 3 heterocycles. The number of amides is 2. The fourth-order valence-electron chi connectivity index (χ4n) is 1.81. The minimum atomic E-state index is -0.552. The Morgan fingerprint density at radius 2 is 2.09 bits per heavy atom. The third kappa shape index (κ3) is 3.40. The number of aromatic nitrogens is 2. The maximum Gasteiger partial charge on any atom is 0.265 e. The first-order valence-corrected chi connectivity index (χ1v) is 8.59. The molecule has 0 aromatic carbocycles. The van der Waals surface area contributed by atoms with Crippen LogP contribution in [0, 0.1) is 0 Å². The number of H-pyrrole nitrogens is 1. The van der Waals surface area contributed by atoms with Gasteiger partial charge in [0.15, 0.2) is 5.13 Å². The second-order valence-corrected chi connectivity index (χ2v) is 7.54. The first-order chi connectivity index (χ1) is 10.9. The highest BCUT2D eigenvalue weighted by Gasteiger charge is 2.16. The molecule has 0 aliphatic heterocycles. The van der Waals surface area contributed by atoms with Gasteiger partial charge in [0.2, 0.25) is 0 Å². The van der Waals surface area contributed by atoms with Crippen LogP contribution in [0.5, 0.6) is 0 Å². The lowest BCUT2D eigenvalue weighted by atomic mass is 10.2. The average Bonchev–Trinajstić information content (AvgIpc) is 3.17. The topological polar surface area (TPSA) is 101 Å². The summed E-state index contributed by atoms with van der Waals surface area (Å²) in [5.74, 6) is -0.935. The van der Waals surface area contributed by atoms with Crippen LogP contribution < -0.4 is 11.1 Å². The van der Waals surface area contributed by atoms with Crippen LogP contribution in [0.15, 0.2) is 23.7 Å². The zero-order valence-electron chi connectivity index (χ0n) is 11.2. The van der Waals surface area contributed by atoms with Crippen molar-refractivity contribution in [1.29, 1.82) is 0 Å². The van der Waals surface area contributed by atoms with Crippen molar-refractivity contribution in [2.75, 3.05) is 5.32 Å². The van der Waals surface area contributed by atoms with Gasteiger partial charge in [0, 0.05) is 17.1 Å². The van der Waals surface area contributed by atoms with Gasteiger partial charge in [-0.2, -0.15) is 0 Å². The first-order valence-electron chi connectivity index (χ1n) is 6.14. The van der Waals surface area contributed by atoms with Crippen LogP contribution >= 0.6 is 45.9 Å². The van der Waals surface area contributed by atoms with Crippen LogP contribution in [0.2, 0.25) is 8.67 Å². The van der Waals surface area contributed by atoms with E-state index in [0.29, 0.717) is 36.3 Å². The molecule has 6 nitrogen and oxygen atoms in total. The molecule has 0 atom stereocenters. The van der Waals surface area contributed by atoms with Crippen molar-refractivity contribution in [3.63, 3.8) is 0 Å². The van der Waals surface area contributed by atoms with Crippen molar-refractivity contribution < 1.29 is 9.59 Å². The fraction of sp³-hybridized carbons (Fsp3) is 0. The van der Waals surface area contributed by atoms with E-state index in [1.165, 1.54) is 17.4 Å². The number of nitrogens with one attached hydrogen (secondary N) is 2. The van der Waals surface area contributed by atoms with E-state index in [4.69, 9.17) is 28.9 Å². The number of aromatic amines is 1. The summed E-state index contributed by atoms with van der Waals surface area (Å²) in [6.07, 6.45) is 1.62. The number of hydrogen-bond donors (Lipinski definition) is 3. The molecule has 4 N–H and O–H groups in total. The monoisotopic (exact) mass is 386 g/mol. The second kappa shape index (κ2) is 6.32. The van der Waals surface area contributed by atoms with Crippen molar-refractivity contribution in [1.82, 2.24) is 9.97 Å². The highest BCUT2D eigenvalue weighted by Crippen LogP contribution is 2.32. The van der Waals surface area contributed by atoms with E-state index in [1.54, 1.807) is 17.6 Å². The zero-order chi connectivity index (χ0) is 16.6. The smallest absolute Gasteiger partial charge is 0.265 e. The molecule has 23 heavy (non-hydrogen) atoms. The zero-order valence-corrected chi connectivity index (χ0v) is 14.4. The SMILES string of the molecule is NC(=O)c1cc(-c2csc(NC(=O)c3cc(Cl)sc3Cl)n2)c[nH]1. The van der Waals surface area contributed by atoms with E-state index in [1.807, 2.05) is 0 Å². The molecular formula is C13H8Cl2N4O2S2. The van der Waals surface area contributed by atoms with Gasteiger partial charge in [0.25, 0.3) is 11.8 Å². The Morgan fingerprint density at radius 1 is 1.30 bits per heavy atom. The van der Waals surface area contributed by atoms with Crippen molar-refractivity contribution >= 4 is 62.8 Å². The van der Waals surface area contributed by atoms with Gasteiger partial charge in [-0.05, 0) is 12.1 Å². The van der Waals surface area contributed by atoms with Gasteiger partial charge in [-0.3, -0.25) is 14.9 Å². The van der Waals surface area contributed by atoms with Crippen LogP contribution in [0.1, 0.15) is 20.8 Å². The Kier molecular flexibility index (Phi) is 4.40. The van der Waals surface area contributed by atoms with Crippen molar-refractivity contribution in [3.8, 4) is 11.3 Å². The Labute approximate surface area is 148 Å². The van der Waals surface area contributed by atoms with E-state index in [-0.39, 0.29) is 5.91 Å². The summed E-state index contributed by atoms with van der Waals surface area (Å²) in [6, 6.07) is 3.10. The molecule has 3 aromatic rings. The summed E-state index contributed by atoms with van der Waals surface area (Å²) in [5, 5.41) is 4.83. The Balaban J connectivity index is 1.77. The molecule has 10 heteroatoms. The third-order valence-electron chi connectivity index (χ3n) is 2.87. The van der Waals surface area contributed by atoms with E-state index < -0.39 is 5.91 Å². The lowest BCUT2D eigenvalue weighted by Crippen LogP contribution is -2.11. The van der Waals surface area contributed by atoms with E-state index in [0.717, 1.165) is 11.3 Å². The fourth-order valence-corrected chi connectivity index (χ4v) is 3.98. The number of carbonyl (C=O) groups is 2. The molecule has 3 rings (SSSR count). The van der Waals surface area contributed by atoms with Crippen LogP contribution in [0.4, 0.5) is 5.13 Å². The minimum absolute atomic E-state index is 0.290. The number of anilines is 1. The summed E-state index contributed by atoms with van der Waals surface area (Å²) in [5.41, 5.74) is 7.10. The predicted molar refractivity (Wildman–Crippen MR) is 92.7 cm³/mol. The van der Waals surface area contributed by atoms with Gasteiger partial charge in [-0.15, -0.1) is 22.7 Å². The second-order valence-electron chi connectivity index (χ2n) is 4.40. The molecule has 118 valence electrons. The van der Waals surface area contributed by atoms with E-state index in [9.17, 15) is 9.59 Å². The summed E-state index contributed by atoms with van der Waals surface area (Å²) >= 11 is 14.1. The van der Waals surface area contributed by atoms with E-state index >= 15 is 0 Å². The molecule has 0 saturated carbocycles. The molecule has 0 spiro atoms. The highest BCUT2D eigenvalue weighted by molar-refractivity contribution is 7.20. The normalized spacial score (nSPS) is 10.7. The van der Waals surface area contributed by atoms with Crippen molar-refractivity contribution in [2.24, 2.45) is 5.73 Å². The third-order valence-corrected chi connectivity index (χ3v) is 5.12. The molecule has 0 unspecified atom stereocenters. The summed E-state index contributed by atoms with van der Waals surface area (Å²) in [4.78, 5) is 30.3. The molecule has 0 saturated heterocycles. The summed E-state index contributed by atoms with van der Waals surface area (Å²) < 4.78 is 0.757. The van der Waals surface area contributed by atoms with Gasteiger partial charge in [0.1, 0.15) is 10.0 Å². The van der Waals surface area contributed by atoms with Crippen molar-refractivity contribution in [3.05, 3.63) is 43.6 Å². The quantitative estimate of drug-likeness (QED) is 0.634. The number of nitrogens with zero attached hydrogens (tertiary/aromatic N) is 1. The number of halogens is 2. The molecule has 0 fully saturated rings. The highest BCUT2D eigenvalue weighted by atomic mass is 35.5. The molecule has 0 radical (unpaired) electrons. The van der Waals surface area contributed by atoms with Gasteiger partial charge >= 0.3 is 0 Å². The summed E-state index contributed by atoms with van der Waals surface area (Å²) in [6.45, 7) is 0. The van der Waals surface area contributed by atoms with Crippen LogP contribution in [-0.4, -0.2) is 21.8 Å². The molecule has 0 aliphatic carbocycles. The van der Waals surface area contributed by atoms with Crippen molar-refractivity contribution in [2.45, 2.75) is 0 Å². The van der Waals surface area contributed by atoms with Gasteiger partial charge < -0.3 is 10.7 Å². The average molecular weight is 387 g/mol. The number of carbonyl (C=O) groups excluding carboxylic acids is 2. The van der Waals surface area contributed by atoms with Crippen LogP contribution in [-0.2, 0) is 0 Å². The Hall–Kier alpha value is -1.87. The maximum absolute atomic E-state index is 12.1. The number of thiophene rings is 1. The number of hydrogen-bond acceptors (Lipinski definition) is 5. The van der Waals surface area contributed by atoms with Crippen LogP contribution in [0.25, 0.3) is 11.3 Å². The minimum Gasteiger partial charge on any atom is -0.364 e. The molecular weight excluding hydrogens is 379 g/mol. The van der Waals surface area contributed by atoms with Gasteiger partial charge in [-0.25, -0.2) is 4.98 Å². The van der Waals surface area contributed by atoms with Crippen LogP contribution in [0.3, 0.4) is 0 Å². The number of primary amides is 1. The van der Waals surface area contributed by atoms with E-state index in [2.05, 4.69) is 15.3 Å². The number of thiazole rings is 1. The molecule has 2 amide bonds.